The third-order valence-corrected chi connectivity index (χ3v) is 6.09. The molecule has 2 atom stereocenters. The molecular formula is C21H27N3O4. The summed E-state index contributed by atoms with van der Waals surface area (Å²) in [5, 5.41) is 10.4. The summed E-state index contributed by atoms with van der Waals surface area (Å²) in [5.74, 6) is -0.142. The summed E-state index contributed by atoms with van der Waals surface area (Å²) in [5.41, 5.74) is 1.15. The van der Waals surface area contributed by atoms with Crippen molar-refractivity contribution in [2.24, 2.45) is 0 Å². The highest BCUT2D eigenvalue weighted by Crippen LogP contribution is 2.31. The maximum Gasteiger partial charge on any atom is 0.256 e. The molecule has 0 spiro atoms. The van der Waals surface area contributed by atoms with Crippen molar-refractivity contribution in [3.63, 3.8) is 0 Å². The monoisotopic (exact) mass is 385 g/mol. The van der Waals surface area contributed by atoms with Crippen LogP contribution < -0.4 is 0 Å². The minimum absolute atomic E-state index is 0.0336. The van der Waals surface area contributed by atoms with Gasteiger partial charge in [0.1, 0.15) is 6.04 Å². The highest BCUT2D eigenvalue weighted by atomic mass is 16.3. The van der Waals surface area contributed by atoms with E-state index >= 15 is 0 Å². The first-order chi connectivity index (χ1) is 13.6. The van der Waals surface area contributed by atoms with Gasteiger partial charge < -0.3 is 19.8 Å². The van der Waals surface area contributed by atoms with Gasteiger partial charge in [0.25, 0.3) is 5.91 Å². The molecule has 3 heterocycles. The number of aliphatic hydroxyl groups excluding tert-OH is 1. The standard InChI is InChI=1S/C21H27N3O4/c25-18(23-13-5-9-17(23)21(28)22-11-3-4-12-22)10-6-14-24-19(26)15-7-1-2-8-16(15)20(24)27/h1-2,7-8,17,19,26H,3-6,9-14H2/t17-,19?/m0/s1. The fourth-order valence-corrected chi connectivity index (χ4v) is 4.59. The normalized spacial score (nSPS) is 24.2. The molecule has 7 nitrogen and oxygen atoms in total. The molecule has 4 rings (SSSR count). The first kappa shape index (κ1) is 18.9. The quantitative estimate of drug-likeness (QED) is 0.833. The highest BCUT2D eigenvalue weighted by Gasteiger charge is 2.38. The molecule has 2 saturated heterocycles. The number of hydrogen-bond acceptors (Lipinski definition) is 4. The second-order valence-corrected chi connectivity index (χ2v) is 7.84. The Labute approximate surface area is 164 Å². The van der Waals surface area contributed by atoms with Gasteiger partial charge in [0.05, 0.1) is 0 Å². The van der Waals surface area contributed by atoms with E-state index in [0.717, 1.165) is 38.8 Å². The van der Waals surface area contributed by atoms with Crippen LogP contribution in [0.15, 0.2) is 24.3 Å². The molecule has 0 aliphatic carbocycles. The molecule has 3 amide bonds. The predicted octanol–water partition coefficient (Wildman–Crippen LogP) is 1.53. The molecule has 2 fully saturated rings. The largest absolute Gasteiger partial charge is 0.369 e. The zero-order chi connectivity index (χ0) is 19.7. The molecule has 1 aromatic carbocycles. The molecule has 7 heteroatoms. The van der Waals surface area contributed by atoms with E-state index in [4.69, 9.17) is 0 Å². The van der Waals surface area contributed by atoms with E-state index in [2.05, 4.69) is 0 Å². The summed E-state index contributed by atoms with van der Waals surface area (Å²) in [6.45, 7) is 2.54. The van der Waals surface area contributed by atoms with Gasteiger partial charge >= 0.3 is 0 Å². The van der Waals surface area contributed by atoms with Crippen LogP contribution in [0.3, 0.4) is 0 Å². The second kappa shape index (κ2) is 7.91. The second-order valence-electron chi connectivity index (χ2n) is 7.84. The number of likely N-dealkylation sites (tertiary alicyclic amines) is 2. The summed E-state index contributed by atoms with van der Waals surface area (Å²) in [6.07, 6.45) is 3.47. The number of hydrogen-bond donors (Lipinski definition) is 1. The van der Waals surface area contributed by atoms with Crippen molar-refractivity contribution >= 4 is 17.7 Å². The van der Waals surface area contributed by atoms with E-state index in [1.54, 1.807) is 29.2 Å². The first-order valence-corrected chi connectivity index (χ1v) is 10.2. The lowest BCUT2D eigenvalue weighted by atomic mass is 10.1. The van der Waals surface area contributed by atoms with Crippen molar-refractivity contribution in [1.82, 2.24) is 14.7 Å². The lowest BCUT2D eigenvalue weighted by molar-refractivity contribution is -0.143. The van der Waals surface area contributed by atoms with Crippen LogP contribution in [0.5, 0.6) is 0 Å². The van der Waals surface area contributed by atoms with Gasteiger partial charge in [0.15, 0.2) is 6.23 Å². The van der Waals surface area contributed by atoms with Crippen LogP contribution in [-0.2, 0) is 9.59 Å². The van der Waals surface area contributed by atoms with Gasteiger partial charge in [-0.1, -0.05) is 18.2 Å². The molecular weight excluding hydrogens is 358 g/mol. The minimum Gasteiger partial charge on any atom is -0.369 e. The van der Waals surface area contributed by atoms with E-state index in [-0.39, 0.29) is 30.2 Å². The Hall–Kier alpha value is -2.41. The highest BCUT2D eigenvalue weighted by molar-refractivity contribution is 5.98. The average molecular weight is 385 g/mol. The molecule has 1 N–H and O–H groups in total. The lowest BCUT2D eigenvalue weighted by Gasteiger charge is -2.28. The van der Waals surface area contributed by atoms with Gasteiger partial charge in [-0.2, -0.15) is 0 Å². The Bertz CT molecular complexity index is 775. The molecule has 0 radical (unpaired) electrons. The SMILES string of the molecule is O=C([C@@H]1CCCN1C(=O)CCCN1C(=O)c2ccccc2C1O)N1CCCC1. The van der Waals surface area contributed by atoms with Gasteiger partial charge in [0, 0.05) is 43.7 Å². The maximum atomic E-state index is 12.7. The predicted molar refractivity (Wildman–Crippen MR) is 102 cm³/mol. The molecule has 3 aliphatic rings. The van der Waals surface area contributed by atoms with Crippen molar-refractivity contribution in [2.45, 2.75) is 50.8 Å². The molecule has 150 valence electrons. The first-order valence-electron chi connectivity index (χ1n) is 10.2. The Morgan fingerprint density at radius 2 is 1.82 bits per heavy atom. The van der Waals surface area contributed by atoms with Gasteiger partial charge in [-0.25, -0.2) is 0 Å². The van der Waals surface area contributed by atoms with E-state index in [1.807, 2.05) is 4.90 Å². The Morgan fingerprint density at radius 3 is 2.57 bits per heavy atom. The number of aliphatic hydroxyl groups is 1. The summed E-state index contributed by atoms with van der Waals surface area (Å²) in [4.78, 5) is 42.9. The number of benzene rings is 1. The molecule has 1 aromatic rings. The fourth-order valence-electron chi connectivity index (χ4n) is 4.59. The van der Waals surface area contributed by atoms with Gasteiger partial charge in [-0.3, -0.25) is 14.4 Å². The fraction of sp³-hybridized carbons (Fsp3) is 0.571. The zero-order valence-corrected chi connectivity index (χ0v) is 16.0. The molecule has 0 bridgehead atoms. The van der Waals surface area contributed by atoms with E-state index in [1.165, 1.54) is 4.90 Å². The van der Waals surface area contributed by atoms with Crippen LogP contribution in [0.1, 0.15) is 60.7 Å². The summed E-state index contributed by atoms with van der Waals surface area (Å²) in [7, 11) is 0. The van der Waals surface area contributed by atoms with Crippen LogP contribution >= 0.6 is 0 Å². The van der Waals surface area contributed by atoms with E-state index in [9.17, 15) is 19.5 Å². The lowest BCUT2D eigenvalue weighted by Crippen LogP contribution is -2.47. The van der Waals surface area contributed by atoms with Crippen molar-refractivity contribution in [3.8, 4) is 0 Å². The third-order valence-electron chi connectivity index (χ3n) is 6.09. The van der Waals surface area contributed by atoms with E-state index < -0.39 is 6.23 Å². The topological polar surface area (TPSA) is 81.2 Å². The smallest absolute Gasteiger partial charge is 0.256 e. The van der Waals surface area contributed by atoms with Crippen molar-refractivity contribution in [3.05, 3.63) is 35.4 Å². The number of carbonyl (C=O) groups is 3. The van der Waals surface area contributed by atoms with Crippen molar-refractivity contribution in [1.29, 1.82) is 0 Å². The Kier molecular flexibility index (Phi) is 5.35. The van der Waals surface area contributed by atoms with Crippen LogP contribution in [0, 0.1) is 0 Å². The van der Waals surface area contributed by atoms with Gasteiger partial charge in [-0.15, -0.1) is 0 Å². The Balaban J connectivity index is 1.31. The summed E-state index contributed by atoms with van der Waals surface area (Å²) in [6, 6.07) is 6.72. The van der Waals surface area contributed by atoms with Crippen molar-refractivity contribution in [2.75, 3.05) is 26.2 Å². The average Bonchev–Trinajstić information content (AvgIpc) is 3.45. The third kappa shape index (κ3) is 3.39. The Morgan fingerprint density at radius 1 is 1.07 bits per heavy atom. The zero-order valence-electron chi connectivity index (χ0n) is 16.0. The van der Waals surface area contributed by atoms with Crippen LogP contribution in [0.2, 0.25) is 0 Å². The number of fused-ring (bicyclic) bond motifs is 1. The molecule has 0 saturated carbocycles. The van der Waals surface area contributed by atoms with Gasteiger partial charge in [-0.05, 0) is 38.2 Å². The van der Waals surface area contributed by atoms with Crippen LogP contribution in [-0.4, -0.2) is 69.7 Å². The molecule has 1 unspecified atom stereocenters. The number of nitrogens with zero attached hydrogens (tertiary/aromatic N) is 3. The molecule has 0 aromatic heterocycles. The summed E-state index contributed by atoms with van der Waals surface area (Å²) < 4.78 is 0. The van der Waals surface area contributed by atoms with Crippen molar-refractivity contribution < 1.29 is 19.5 Å². The number of rotatable bonds is 5. The maximum absolute atomic E-state index is 12.7. The van der Waals surface area contributed by atoms with Crippen LogP contribution in [0.25, 0.3) is 0 Å². The minimum atomic E-state index is -0.949. The molecule has 28 heavy (non-hydrogen) atoms. The summed E-state index contributed by atoms with van der Waals surface area (Å²) >= 11 is 0. The number of carbonyl (C=O) groups excluding carboxylic acids is 3. The van der Waals surface area contributed by atoms with Crippen LogP contribution in [0.4, 0.5) is 0 Å². The molecule has 3 aliphatic heterocycles. The van der Waals surface area contributed by atoms with E-state index in [0.29, 0.717) is 30.6 Å². The van der Waals surface area contributed by atoms with Gasteiger partial charge in [0.2, 0.25) is 11.8 Å². The number of amides is 3.